The minimum absolute atomic E-state index is 0.141. The molecule has 0 spiro atoms. The van der Waals surface area contributed by atoms with E-state index in [2.05, 4.69) is 15.3 Å². The molecular weight excluding hydrogens is 242 g/mol. The minimum atomic E-state index is -0.263. The van der Waals surface area contributed by atoms with E-state index >= 15 is 0 Å². The number of nitrogens with one attached hydrogen (secondary N) is 1. The maximum atomic E-state index is 10.6. The van der Waals surface area contributed by atoms with Gasteiger partial charge in [-0.2, -0.15) is 0 Å². The van der Waals surface area contributed by atoms with Crippen molar-refractivity contribution in [2.45, 2.75) is 45.4 Å². The molecule has 1 aromatic heterocycles. The Morgan fingerprint density at radius 1 is 1.32 bits per heavy atom. The van der Waals surface area contributed by atoms with Crippen molar-refractivity contribution in [3.8, 4) is 0 Å². The third-order valence-corrected chi connectivity index (χ3v) is 2.57. The van der Waals surface area contributed by atoms with Crippen LogP contribution in [0.1, 0.15) is 45.9 Å². The molecular formula is C13H23N5O. The number of carbonyl (C=O) groups is 1. The zero-order valence-electron chi connectivity index (χ0n) is 11.9. The normalized spacial score (nSPS) is 11.3. The summed E-state index contributed by atoms with van der Waals surface area (Å²) in [5.74, 6) is 1.63. The van der Waals surface area contributed by atoms with Gasteiger partial charge in [-0.25, -0.2) is 9.97 Å². The molecule has 0 aliphatic rings. The predicted octanol–water partition coefficient (Wildman–Crippen LogP) is 1.42. The van der Waals surface area contributed by atoms with Crippen molar-refractivity contribution in [2.24, 2.45) is 5.73 Å². The van der Waals surface area contributed by atoms with E-state index in [9.17, 15) is 4.79 Å². The predicted molar refractivity (Wildman–Crippen MR) is 76.7 cm³/mol. The fraction of sp³-hybridized carbons (Fsp3) is 0.615. The number of anilines is 2. The Kier molecular flexibility index (Phi) is 5.09. The van der Waals surface area contributed by atoms with Gasteiger partial charge in [0.15, 0.2) is 0 Å². The van der Waals surface area contributed by atoms with E-state index in [4.69, 9.17) is 11.5 Å². The molecule has 5 N–H and O–H groups in total. The highest BCUT2D eigenvalue weighted by Crippen LogP contribution is 2.21. The van der Waals surface area contributed by atoms with Gasteiger partial charge in [-0.05, 0) is 12.8 Å². The van der Waals surface area contributed by atoms with E-state index in [1.54, 1.807) is 6.07 Å². The monoisotopic (exact) mass is 265 g/mol. The van der Waals surface area contributed by atoms with Crippen molar-refractivity contribution >= 4 is 17.5 Å². The smallest absolute Gasteiger partial charge is 0.217 e. The molecule has 0 aliphatic carbocycles. The van der Waals surface area contributed by atoms with Crippen molar-refractivity contribution in [2.75, 3.05) is 17.6 Å². The molecule has 1 rings (SSSR count). The maximum Gasteiger partial charge on any atom is 0.217 e. The van der Waals surface area contributed by atoms with Crippen LogP contribution in [-0.4, -0.2) is 22.4 Å². The minimum Gasteiger partial charge on any atom is -0.384 e. The molecule has 0 fully saturated rings. The highest BCUT2D eigenvalue weighted by Gasteiger charge is 2.18. The summed E-state index contributed by atoms with van der Waals surface area (Å²) in [6, 6.07) is 1.71. The van der Waals surface area contributed by atoms with Crippen LogP contribution in [0, 0.1) is 0 Å². The molecule has 0 saturated carbocycles. The Balaban J connectivity index is 2.54. The number of nitrogens with two attached hydrogens (primary N) is 2. The molecule has 19 heavy (non-hydrogen) atoms. The molecule has 0 aromatic carbocycles. The van der Waals surface area contributed by atoms with Crippen molar-refractivity contribution < 1.29 is 4.79 Å². The molecule has 0 radical (unpaired) electrons. The van der Waals surface area contributed by atoms with Gasteiger partial charge in [-0.15, -0.1) is 0 Å². The molecule has 0 atom stereocenters. The number of amides is 1. The van der Waals surface area contributed by atoms with Crippen LogP contribution in [0.2, 0.25) is 0 Å². The van der Waals surface area contributed by atoms with Gasteiger partial charge < -0.3 is 16.8 Å². The van der Waals surface area contributed by atoms with Crippen LogP contribution in [0.25, 0.3) is 0 Å². The van der Waals surface area contributed by atoms with Crippen LogP contribution in [0.4, 0.5) is 11.6 Å². The number of nitrogens with zero attached hydrogens (tertiary/aromatic N) is 2. The number of rotatable bonds is 6. The van der Waals surface area contributed by atoms with Gasteiger partial charge in [0, 0.05) is 24.4 Å². The van der Waals surface area contributed by atoms with Gasteiger partial charge >= 0.3 is 0 Å². The molecule has 0 bridgehead atoms. The number of unbranched alkanes of at least 4 members (excludes halogenated alkanes) is 1. The van der Waals surface area contributed by atoms with Gasteiger partial charge in [-0.1, -0.05) is 20.8 Å². The van der Waals surface area contributed by atoms with Gasteiger partial charge in [-0.3, -0.25) is 4.79 Å². The van der Waals surface area contributed by atoms with E-state index in [0.717, 1.165) is 25.2 Å². The lowest BCUT2D eigenvalue weighted by atomic mass is 9.96. The van der Waals surface area contributed by atoms with Crippen LogP contribution in [-0.2, 0) is 10.2 Å². The second kappa shape index (κ2) is 6.36. The zero-order valence-corrected chi connectivity index (χ0v) is 11.9. The molecule has 0 saturated heterocycles. The van der Waals surface area contributed by atoms with Gasteiger partial charge in [0.1, 0.15) is 17.5 Å². The average molecular weight is 265 g/mol. The highest BCUT2D eigenvalue weighted by atomic mass is 16.1. The maximum absolute atomic E-state index is 10.6. The molecule has 1 amide bonds. The largest absolute Gasteiger partial charge is 0.384 e. The topological polar surface area (TPSA) is 107 Å². The van der Waals surface area contributed by atoms with E-state index in [0.29, 0.717) is 18.1 Å². The standard InChI is InChI=1S/C13H23N5O/c1-13(2,3)12-17-9(14)8-11(18-12)16-7-5-4-6-10(15)19/h8H,4-7H2,1-3H3,(H2,15,19)(H3,14,16,17,18). The Morgan fingerprint density at radius 3 is 2.58 bits per heavy atom. The number of hydrogen-bond acceptors (Lipinski definition) is 5. The van der Waals surface area contributed by atoms with Crippen LogP contribution >= 0.6 is 0 Å². The number of primary amides is 1. The number of aromatic nitrogens is 2. The van der Waals surface area contributed by atoms with Crippen molar-refractivity contribution in [1.82, 2.24) is 9.97 Å². The number of carbonyl (C=O) groups excluding carboxylic acids is 1. The van der Waals surface area contributed by atoms with Gasteiger partial charge in [0.2, 0.25) is 5.91 Å². The first-order chi connectivity index (χ1) is 8.79. The van der Waals surface area contributed by atoms with Crippen molar-refractivity contribution in [1.29, 1.82) is 0 Å². The first-order valence-corrected chi connectivity index (χ1v) is 6.46. The summed E-state index contributed by atoms with van der Waals surface area (Å²) in [5.41, 5.74) is 10.7. The van der Waals surface area contributed by atoms with Crippen LogP contribution in [0.3, 0.4) is 0 Å². The van der Waals surface area contributed by atoms with Gasteiger partial charge in [0.05, 0.1) is 0 Å². The Hall–Kier alpha value is -1.85. The Morgan fingerprint density at radius 2 is 2.00 bits per heavy atom. The van der Waals surface area contributed by atoms with Crippen LogP contribution in [0.15, 0.2) is 6.07 Å². The van der Waals surface area contributed by atoms with Crippen molar-refractivity contribution in [3.63, 3.8) is 0 Å². The summed E-state index contributed by atoms with van der Waals surface area (Å²) in [6.07, 6.45) is 2.05. The lowest BCUT2D eigenvalue weighted by molar-refractivity contribution is -0.118. The summed E-state index contributed by atoms with van der Waals surface area (Å²) in [7, 11) is 0. The quantitative estimate of drug-likeness (QED) is 0.674. The fourth-order valence-electron chi connectivity index (χ4n) is 1.53. The summed E-state index contributed by atoms with van der Waals surface area (Å²) >= 11 is 0. The lowest BCUT2D eigenvalue weighted by Crippen LogP contribution is -2.18. The first-order valence-electron chi connectivity index (χ1n) is 6.46. The molecule has 0 aliphatic heterocycles. The van der Waals surface area contributed by atoms with E-state index in [1.807, 2.05) is 20.8 Å². The Labute approximate surface area is 114 Å². The summed E-state index contributed by atoms with van der Waals surface area (Å²) in [5, 5.41) is 3.19. The average Bonchev–Trinajstić information content (AvgIpc) is 2.26. The molecule has 1 heterocycles. The van der Waals surface area contributed by atoms with E-state index in [-0.39, 0.29) is 11.3 Å². The van der Waals surface area contributed by atoms with Gasteiger partial charge in [0.25, 0.3) is 0 Å². The SMILES string of the molecule is CC(C)(C)c1nc(N)cc(NCCCCC(N)=O)n1. The molecule has 6 nitrogen and oxygen atoms in total. The molecule has 1 aromatic rings. The number of hydrogen-bond donors (Lipinski definition) is 3. The first kappa shape index (κ1) is 15.2. The molecule has 6 heteroatoms. The van der Waals surface area contributed by atoms with Crippen molar-refractivity contribution in [3.05, 3.63) is 11.9 Å². The zero-order chi connectivity index (χ0) is 14.5. The third-order valence-electron chi connectivity index (χ3n) is 2.57. The second-order valence-corrected chi connectivity index (χ2v) is 5.60. The van der Waals surface area contributed by atoms with Crippen LogP contribution < -0.4 is 16.8 Å². The molecule has 106 valence electrons. The van der Waals surface area contributed by atoms with Crippen LogP contribution in [0.5, 0.6) is 0 Å². The summed E-state index contributed by atoms with van der Waals surface area (Å²) in [6.45, 7) is 6.85. The summed E-state index contributed by atoms with van der Waals surface area (Å²) < 4.78 is 0. The van der Waals surface area contributed by atoms with E-state index < -0.39 is 0 Å². The third kappa shape index (κ3) is 5.54. The molecule has 0 unspecified atom stereocenters. The summed E-state index contributed by atoms with van der Waals surface area (Å²) in [4.78, 5) is 19.3. The number of nitrogen functional groups attached to an aromatic ring is 1. The lowest BCUT2D eigenvalue weighted by Gasteiger charge is -2.18. The highest BCUT2D eigenvalue weighted by molar-refractivity contribution is 5.73. The van der Waals surface area contributed by atoms with E-state index in [1.165, 1.54) is 0 Å². The Bertz CT molecular complexity index is 439. The second-order valence-electron chi connectivity index (χ2n) is 5.60. The fourth-order valence-corrected chi connectivity index (χ4v) is 1.53.